The molecule has 0 fully saturated rings. The molecule has 0 amide bonds. The van der Waals surface area contributed by atoms with Crippen LogP contribution in [0.1, 0.15) is 16.7 Å². The normalized spacial score (nSPS) is 11.7. The third kappa shape index (κ3) is 3.06. The third-order valence-corrected chi connectivity index (χ3v) is 5.98. The van der Waals surface area contributed by atoms with E-state index in [4.69, 9.17) is 4.18 Å². The van der Waals surface area contributed by atoms with E-state index in [1.807, 2.05) is 39.0 Å². The molecule has 0 N–H and O–H groups in total. The predicted molar refractivity (Wildman–Crippen MR) is 100 cm³/mol. The number of hydrogen-bond donors (Lipinski definition) is 0. The summed E-state index contributed by atoms with van der Waals surface area (Å²) in [6.45, 7) is 5.87. The summed E-state index contributed by atoms with van der Waals surface area (Å²) in [7, 11) is -3.90. The fourth-order valence-electron chi connectivity index (χ4n) is 2.58. The Kier molecular flexibility index (Phi) is 4.40. The van der Waals surface area contributed by atoms with E-state index in [-0.39, 0.29) is 4.90 Å². The Balaban J connectivity index is 2.18. The highest BCUT2D eigenvalue weighted by atomic mass is 79.9. The topological polar surface area (TPSA) is 43.4 Å². The molecule has 124 valence electrons. The van der Waals surface area contributed by atoms with Crippen molar-refractivity contribution in [1.29, 1.82) is 0 Å². The van der Waals surface area contributed by atoms with Crippen molar-refractivity contribution in [2.45, 2.75) is 25.7 Å². The van der Waals surface area contributed by atoms with Crippen LogP contribution >= 0.6 is 15.9 Å². The quantitative estimate of drug-likeness (QED) is 0.556. The van der Waals surface area contributed by atoms with E-state index in [9.17, 15) is 8.42 Å². The Morgan fingerprint density at radius 1 is 0.875 bits per heavy atom. The summed E-state index contributed by atoms with van der Waals surface area (Å²) in [6.07, 6.45) is 0. The molecule has 0 spiro atoms. The molecule has 3 aromatic rings. The Morgan fingerprint density at radius 2 is 1.50 bits per heavy atom. The molecule has 0 saturated heterocycles. The Morgan fingerprint density at radius 3 is 2.17 bits per heavy atom. The van der Waals surface area contributed by atoms with Gasteiger partial charge < -0.3 is 4.18 Å². The monoisotopic (exact) mass is 404 g/mol. The average Bonchev–Trinajstić information content (AvgIpc) is 2.54. The van der Waals surface area contributed by atoms with Crippen LogP contribution in [0, 0.1) is 20.8 Å². The first-order valence-corrected chi connectivity index (χ1v) is 9.69. The SMILES string of the molecule is Cc1ccc(S(=O)(=O)Oc2c(Br)ccc3ccc(C)c(C)c23)cc1. The summed E-state index contributed by atoms with van der Waals surface area (Å²) in [5.74, 6) is 0.328. The van der Waals surface area contributed by atoms with Gasteiger partial charge in [-0.25, -0.2) is 0 Å². The van der Waals surface area contributed by atoms with Crippen LogP contribution < -0.4 is 4.18 Å². The summed E-state index contributed by atoms with van der Waals surface area (Å²) in [5, 5.41) is 1.75. The maximum absolute atomic E-state index is 12.7. The first-order valence-electron chi connectivity index (χ1n) is 7.49. The molecule has 0 saturated carbocycles. The van der Waals surface area contributed by atoms with Crippen LogP contribution in [0.2, 0.25) is 0 Å². The highest BCUT2D eigenvalue weighted by molar-refractivity contribution is 9.10. The second-order valence-corrected chi connectivity index (χ2v) is 8.23. The number of halogens is 1. The zero-order chi connectivity index (χ0) is 17.5. The summed E-state index contributed by atoms with van der Waals surface area (Å²) < 4.78 is 31.5. The number of fused-ring (bicyclic) bond motifs is 1. The molecule has 3 aromatic carbocycles. The smallest absolute Gasteiger partial charge is 0.339 e. The minimum atomic E-state index is -3.90. The summed E-state index contributed by atoms with van der Waals surface area (Å²) in [6, 6.07) is 14.4. The first kappa shape index (κ1) is 17.0. The van der Waals surface area contributed by atoms with Gasteiger partial charge in [0.05, 0.1) is 4.47 Å². The zero-order valence-electron chi connectivity index (χ0n) is 13.6. The highest BCUT2D eigenvalue weighted by Crippen LogP contribution is 2.38. The number of aryl methyl sites for hydroxylation is 3. The van der Waals surface area contributed by atoms with Crippen molar-refractivity contribution in [2.75, 3.05) is 0 Å². The second kappa shape index (κ2) is 6.22. The molecule has 0 aliphatic rings. The number of hydrogen-bond acceptors (Lipinski definition) is 3. The molecule has 0 aliphatic heterocycles. The van der Waals surface area contributed by atoms with Gasteiger partial charge in [-0.15, -0.1) is 0 Å². The van der Waals surface area contributed by atoms with E-state index in [2.05, 4.69) is 15.9 Å². The molecule has 0 radical (unpaired) electrons. The first-order chi connectivity index (χ1) is 11.3. The summed E-state index contributed by atoms with van der Waals surface area (Å²) in [4.78, 5) is 0.141. The maximum atomic E-state index is 12.7. The molecule has 3 nitrogen and oxygen atoms in total. The van der Waals surface area contributed by atoms with Crippen LogP contribution in [0.3, 0.4) is 0 Å². The van der Waals surface area contributed by atoms with E-state index < -0.39 is 10.1 Å². The average molecular weight is 405 g/mol. The van der Waals surface area contributed by atoms with Gasteiger partial charge in [-0.3, -0.25) is 0 Å². The molecule has 24 heavy (non-hydrogen) atoms. The zero-order valence-corrected chi connectivity index (χ0v) is 16.0. The summed E-state index contributed by atoms with van der Waals surface area (Å²) in [5.41, 5.74) is 3.08. The molecule has 0 aliphatic carbocycles. The molecular formula is C19H17BrO3S. The van der Waals surface area contributed by atoms with Gasteiger partial charge in [-0.05, 0) is 71.4 Å². The van der Waals surface area contributed by atoms with Gasteiger partial charge in [-0.1, -0.05) is 35.9 Å². The van der Waals surface area contributed by atoms with Crippen molar-refractivity contribution in [1.82, 2.24) is 0 Å². The van der Waals surface area contributed by atoms with Gasteiger partial charge >= 0.3 is 10.1 Å². The Labute approximate surface area is 150 Å². The lowest BCUT2D eigenvalue weighted by Crippen LogP contribution is -2.10. The van der Waals surface area contributed by atoms with Crippen LogP contribution in [0.5, 0.6) is 5.75 Å². The largest absolute Gasteiger partial charge is 0.377 e. The van der Waals surface area contributed by atoms with Crippen molar-refractivity contribution >= 4 is 36.8 Å². The molecule has 0 heterocycles. The molecule has 0 atom stereocenters. The van der Waals surface area contributed by atoms with E-state index in [0.29, 0.717) is 10.2 Å². The molecule has 0 aromatic heterocycles. The van der Waals surface area contributed by atoms with Gasteiger partial charge in [-0.2, -0.15) is 8.42 Å². The van der Waals surface area contributed by atoms with Crippen LogP contribution in [0.4, 0.5) is 0 Å². The summed E-state index contributed by atoms with van der Waals surface area (Å²) >= 11 is 3.42. The van der Waals surface area contributed by atoms with E-state index >= 15 is 0 Å². The minimum Gasteiger partial charge on any atom is -0.377 e. The molecular weight excluding hydrogens is 388 g/mol. The molecule has 0 bridgehead atoms. The van der Waals surface area contributed by atoms with Crippen molar-refractivity contribution < 1.29 is 12.6 Å². The van der Waals surface area contributed by atoms with Crippen molar-refractivity contribution in [3.05, 3.63) is 69.7 Å². The molecule has 0 unspecified atom stereocenters. The molecule has 5 heteroatoms. The van der Waals surface area contributed by atoms with Crippen molar-refractivity contribution in [3.63, 3.8) is 0 Å². The van der Waals surface area contributed by atoms with Crippen molar-refractivity contribution in [3.8, 4) is 5.75 Å². The van der Waals surface area contributed by atoms with Gasteiger partial charge in [0.2, 0.25) is 0 Å². The number of rotatable bonds is 3. The van der Waals surface area contributed by atoms with E-state index in [0.717, 1.165) is 27.5 Å². The number of benzene rings is 3. The lowest BCUT2D eigenvalue weighted by molar-refractivity contribution is 0.487. The van der Waals surface area contributed by atoms with Crippen molar-refractivity contribution in [2.24, 2.45) is 0 Å². The van der Waals surface area contributed by atoms with E-state index in [1.54, 1.807) is 30.3 Å². The molecule has 3 rings (SSSR count). The van der Waals surface area contributed by atoms with Gasteiger partial charge in [0.1, 0.15) is 4.90 Å². The van der Waals surface area contributed by atoms with Gasteiger partial charge in [0, 0.05) is 5.39 Å². The lowest BCUT2D eigenvalue weighted by Gasteiger charge is -2.14. The minimum absolute atomic E-state index is 0.141. The maximum Gasteiger partial charge on any atom is 0.339 e. The standard InChI is InChI=1S/C19H17BrO3S/c1-12-4-9-16(10-5-12)24(21,22)23-19-17(20)11-8-15-7-6-13(2)14(3)18(15)19/h4-11H,1-3H3. The Bertz CT molecular complexity index is 1020. The Hall–Kier alpha value is -1.85. The predicted octanol–water partition coefficient (Wildman–Crippen LogP) is 5.30. The van der Waals surface area contributed by atoms with Crippen LogP contribution in [-0.4, -0.2) is 8.42 Å². The van der Waals surface area contributed by atoms with Gasteiger partial charge in [0.25, 0.3) is 0 Å². The van der Waals surface area contributed by atoms with E-state index in [1.165, 1.54) is 0 Å². The fourth-order valence-corrected chi connectivity index (χ4v) is 4.06. The highest BCUT2D eigenvalue weighted by Gasteiger charge is 2.21. The fraction of sp³-hybridized carbons (Fsp3) is 0.158. The third-order valence-electron chi connectivity index (χ3n) is 4.12. The van der Waals surface area contributed by atoms with Crippen LogP contribution in [0.25, 0.3) is 10.8 Å². The van der Waals surface area contributed by atoms with Gasteiger partial charge in [0.15, 0.2) is 5.75 Å². The second-order valence-electron chi connectivity index (χ2n) is 5.83. The van der Waals surface area contributed by atoms with Crippen LogP contribution in [-0.2, 0) is 10.1 Å². The lowest BCUT2D eigenvalue weighted by atomic mass is 10.0. The van der Waals surface area contributed by atoms with Crippen LogP contribution in [0.15, 0.2) is 57.9 Å².